The third kappa shape index (κ3) is 9.46. The number of tetrazole rings is 1. The largest absolute Gasteiger partial charge is 0.496 e. The maximum Gasteiger partial charge on any atom is 0.303 e. The standard InChI is InChI=1S/C25H36N8O5S/c1-4-5-6-18(11-12-39(3,36)37)27-24-19(20(8-10-23(34)35)28-25(26)29-24)15-17-13-16(7-9-21(17)38-2)14-22-30-32-33-31-22/h7,9,13,18H,4-6,8,10-12,14-15H2,1-3H3,(H,34,35)(H3,26,27,28,29)(H,30,31,32,33)/t18-/m0/s1. The van der Waals surface area contributed by atoms with E-state index in [1.54, 1.807) is 7.11 Å². The van der Waals surface area contributed by atoms with Crippen LogP contribution in [0.25, 0.3) is 0 Å². The number of nitrogens with zero attached hydrogens (tertiary/aromatic N) is 5. The number of aliphatic carboxylic acids is 1. The number of rotatable bonds is 16. The van der Waals surface area contributed by atoms with Crippen molar-refractivity contribution in [1.82, 2.24) is 30.6 Å². The van der Waals surface area contributed by atoms with E-state index in [2.05, 4.69) is 42.8 Å². The summed E-state index contributed by atoms with van der Waals surface area (Å²) in [5.41, 5.74) is 9.00. The Balaban J connectivity index is 2.02. The van der Waals surface area contributed by atoms with Crippen molar-refractivity contribution < 1.29 is 23.1 Å². The van der Waals surface area contributed by atoms with E-state index in [1.165, 1.54) is 6.26 Å². The molecule has 0 saturated heterocycles. The van der Waals surface area contributed by atoms with Crippen molar-refractivity contribution >= 4 is 27.6 Å². The normalized spacial score (nSPS) is 12.3. The highest BCUT2D eigenvalue weighted by Crippen LogP contribution is 2.30. The lowest BCUT2D eigenvalue weighted by Crippen LogP contribution is -2.25. The maximum absolute atomic E-state index is 11.9. The van der Waals surface area contributed by atoms with Crippen molar-refractivity contribution in [3.05, 3.63) is 46.4 Å². The monoisotopic (exact) mass is 560 g/mol. The number of H-pyrrole nitrogens is 1. The molecule has 0 fully saturated rings. The second-order valence-electron chi connectivity index (χ2n) is 9.48. The van der Waals surface area contributed by atoms with Crippen molar-refractivity contribution in [2.45, 2.75) is 64.3 Å². The van der Waals surface area contributed by atoms with Gasteiger partial charge in [-0.25, -0.2) is 13.4 Å². The van der Waals surface area contributed by atoms with E-state index in [9.17, 15) is 18.3 Å². The number of carboxylic acid groups (broad SMARTS) is 1. The Morgan fingerprint density at radius 1 is 1.23 bits per heavy atom. The molecule has 1 aromatic carbocycles. The Hall–Kier alpha value is -3.81. The first-order chi connectivity index (χ1) is 18.6. The van der Waals surface area contributed by atoms with Gasteiger partial charge in [-0.2, -0.15) is 10.2 Å². The molecule has 212 valence electrons. The predicted molar refractivity (Wildman–Crippen MR) is 146 cm³/mol. The van der Waals surface area contributed by atoms with Crippen LogP contribution in [0.4, 0.5) is 11.8 Å². The molecule has 3 aromatic rings. The Kier molecular flexibility index (Phi) is 10.5. The predicted octanol–water partition coefficient (Wildman–Crippen LogP) is 2.18. The summed E-state index contributed by atoms with van der Waals surface area (Å²) in [4.78, 5) is 20.3. The number of methoxy groups -OCH3 is 1. The van der Waals surface area contributed by atoms with Gasteiger partial charge in [-0.1, -0.05) is 37.1 Å². The van der Waals surface area contributed by atoms with Gasteiger partial charge in [0.2, 0.25) is 5.95 Å². The van der Waals surface area contributed by atoms with Gasteiger partial charge in [0.05, 0.1) is 25.0 Å². The molecule has 0 bridgehead atoms. The van der Waals surface area contributed by atoms with Crippen LogP contribution in [0, 0.1) is 0 Å². The average Bonchev–Trinajstić information content (AvgIpc) is 3.38. The van der Waals surface area contributed by atoms with E-state index in [-0.39, 0.29) is 30.6 Å². The van der Waals surface area contributed by atoms with E-state index < -0.39 is 15.8 Å². The molecule has 13 nitrogen and oxygen atoms in total. The number of hydrogen-bond donors (Lipinski definition) is 4. The van der Waals surface area contributed by atoms with Crippen LogP contribution in [0.1, 0.15) is 67.2 Å². The van der Waals surface area contributed by atoms with E-state index in [4.69, 9.17) is 10.5 Å². The first-order valence-corrected chi connectivity index (χ1v) is 14.8. The molecule has 0 aliphatic heterocycles. The van der Waals surface area contributed by atoms with Crippen LogP contribution in [0.15, 0.2) is 18.2 Å². The number of ether oxygens (including phenoxy) is 1. The average molecular weight is 561 g/mol. The van der Waals surface area contributed by atoms with Gasteiger partial charge >= 0.3 is 5.97 Å². The number of hydrogen-bond acceptors (Lipinski definition) is 11. The molecule has 14 heteroatoms. The number of benzene rings is 1. The van der Waals surface area contributed by atoms with E-state index in [0.717, 1.165) is 30.4 Å². The molecule has 1 atom stereocenters. The minimum absolute atomic E-state index is 0.0109. The van der Waals surface area contributed by atoms with E-state index in [1.807, 2.05) is 18.2 Å². The highest BCUT2D eigenvalue weighted by molar-refractivity contribution is 7.90. The minimum Gasteiger partial charge on any atom is -0.496 e. The van der Waals surface area contributed by atoms with Crippen molar-refractivity contribution in [2.24, 2.45) is 0 Å². The topological polar surface area (TPSA) is 199 Å². The summed E-state index contributed by atoms with van der Waals surface area (Å²) in [5, 5.41) is 26.8. The van der Waals surface area contributed by atoms with Crippen LogP contribution in [0.5, 0.6) is 5.75 Å². The van der Waals surface area contributed by atoms with Crippen molar-refractivity contribution in [2.75, 3.05) is 30.2 Å². The van der Waals surface area contributed by atoms with Crippen LogP contribution >= 0.6 is 0 Å². The van der Waals surface area contributed by atoms with E-state index >= 15 is 0 Å². The molecular weight excluding hydrogens is 524 g/mol. The molecule has 0 aliphatic carbocycles. The lowest BCUT2D eigenvalue weighted by atomic mass is 9.97. The number of nitrogens with two attached hydrogens (primary N) is 1. The van der Waals surface area contributed by atoms with Crippen molar-refractivity contribution in [1.29, 1.82) is 0 Å². The van der Waals surface area contributed by atoms with Gasteiger partial charge in [0.25, 0.3) is 0 Å². The lowest BCUT2D eigenvalue weighted by molar-refractivity contribution is -0.136. The van der Waals surface area contributed by atoms with Gasteiger partial charge in [0.15, 0.2) is 5.82 Å². The summed E-state index contributed by atoms with van der Waals surface area (Å²) in [5.74, 6) is 0.720. The number of carboxylic acids is 1. The zero-order valence-electron chi connectivity index (χ0n) is 22.5. The zero-order chi connectivity index (χ0) is 28.4. The molecule has 2 aromatic heterocycles. The highest BCUT2D eigenvalue weighted by Gasteiger charge is 2.21. The Morgan fingerprint density at radius 2 is 2.03 bits per heavy atom. The molecule has 0 spiro atoms. The van der Waals surface area contributed by atoms with Gasteiger partial charge in [-0.15, -0.1) is 10.2 Å². The van der Waals surface area contributed by atoms with Gasteiger partial charge in [-0.3, -0.25) is 4.79 Å². The number of nitrogen functional groups attached to an aromatic ring is 1. The van der Waals surface area contributed by atoms with Crippen LogP contribution in [0.3, 0.4) is 0 Å². The number of aryl methyl sites for hydroxylation is 1. The van der Waals surface area contributed by atoms with E-state index in [0.29, 0.717) is 47.9 Å². The SMILES string of the molecule is CCCC[C@@H](CCS(C)(=O)=O)Nc1nc(N)nc(CCC(=O)O)c1Cc1cc(Cc2nn[nH]n2)ccc1OC. The fraction of sp³-hybridized carbons (Fsp3) is 0.520. The molecule has 0 saturated carbocycles. The Labute approximate surface area is 227 Å². The summed E-state index contributed by atoms with van der Waals surface area (Å²) in [6, 6.07) is 5.55. The van der Waals surface area contributed by atoms with Crippen LogP contribution in [-0.2, 0) is 33.9 Å². The number of nitrogens with one attached hydrogen (secondary N) is 2. The number of aromatic amines is 1. The summed E-state index contributed by atoms with van der Waals surface area (Å²) in [6.45, 7) is 2.07. The first kappa shape index (κ1) is 29.7. The minimum atomic E-state index is -3.16. The molecule has 0 unspecified atom stereocenters. The fourth-order valence-corrected chi connectivity index (χ4v) is 5.00. The highest BCUT2D eigenvalue weighted by atomic mass is 32.2. The molecule has 0 aliphatic rings. The third-order valence-corrected chi connectivity index (χ3v) is 7.21. The molecule has 2 heterocycles. The van der Waals surface area contributed by atoms with Crippen LogP contribution in [-0.4, -0.2) is 75.2 Å². The second-order valence-corrected chi connectivity index (χ2v) is 11.7. The van der Waals surface area contributed by atoms with Gasteiger partial charge < -0.3 is 20.9 Å². The van der Waals surface area contributed by atoms with Crippen molar-refractivity contribution in [3.63, 3.8) is 0 Å². The summed E-state index contributed by atoms with van der Waals surface area (Å²) in [6.07, 6.45) is 5.00. The number of anilines is 2. The zero-order valence-corrected chi connectivity index (χ0v) is 23.3. The summed E-state index contributed by atoms with van der Waals surface area (Å²) in [7, 11) is -1.58. The molecule has 5 N–H and O–H groups in total. The molecule has 0 radical (unpaired) electrons. The molecule has 0 amide bonds. The Morgan fingerprint density at radius 3 is 2.67 bits per heavy atom. The number of aromatic nitrogens is 6. The number of carbonyl (C=O) groups is 1. The molecule has 39 heavy (non-hydrogen) atoms. The maximum atomic E-state index is 11.9. The fourth-order valence-electron chi connectivity index (χ4n) is 4.29. The third-order valence-electron chi connectivity index (χ3n) is 6.23. The van der Waals surface area contributed by atoms with Gasteiger partial charge in [-0.05, 0) is 30.0 Å². The number of sulfone groups is 1. The van der Waals surface area contributed by atoms with Crippen LogP contribution in [0.2, 0.25) is 0 Å². The summed E-state index contributed by atoms with van der Waals surface area (Å²) >= 11 is 0. The van der Waals surface area contributed by atoms with Gasteiger partial charge in [0.1, 0.15) is 21.4 Å². The quantitative estimate of drug-likeness (QED) is 0.199. The Bertz CT molecular complexity index is 1350. The summed E-state index contributed by atoms with van der Waals surface area (Å²) < 4.78 is 29.4. The lowest BCUT2D eigenvalue weighted by Gasteiger charge is -2.23. The second kappa shape index (κ2) is 13.8. The number of unbranched alkanes of at least 4 members (excludes halogenated alkanes) is 1. The molecule has 3 rings (SSSR count). The van der Waals surface area contributed by atoms with Gasteiger partial charge in [0, 0.05) is 37.1 Å². The smallest absolute Gasteiger partial charge is 0.303 e. The van der Waals surface area contributed by atoms with Crippen molar-refractivity contribution in [3.8, 4) is 5.75 Å². The first-order valence-electron chi connectivity index (χ1n) is 12.8. The molecular formula is C25H36N8O5S. The van der Waals surface area contributed by atoms with Crippen LogP contribution < -0.4 is 15.8 Å².